The van der Waals surface area contributed by atoms with Crippen molar-refractivity contribution in [1.29, 1.82) is 0 Å². The van der Waals surface area contributed by atoms with Crippen LogP contribution in [0.3, 0.4) is 0 Å². The summed E-state index contributed by atoms with van der Waals surface area (Å²) in [5.74, 6) is -0.900. The van der Waals surface area contributed by atoms with Crippen LogP contribution in [0.4, 0.5) is 0 Å². The first kappa shape index (κ1) is 26.3. The third-order valence-electron chi connectivity index (χ3n) is 6.77. The fourth-order valence-corrected chi connectivity index (χ4v) is 4.54. The Morgan fingerprint density at radius 2 is 1.86 bits per heavy atom. The maximum Gasteiger partial charge on any atom is 0.335 e. The van der Waals surface area contributed by atoms with E-state index in [0.717, 1.165) is 16.7 Å². The second-order valence-corrected chi connectivity index (χ2v) is 9.76. The van der Waals surface area contributed by atoms with Crippen LogP contribution in [-0.4, -0.2) is 75.8 Å². The second kappa shape index (κ2) is 11.5. The molecule has 8 nitrogen and oxygen atoms in total. The number of ether oxygens (including phenoxy) is 1. The van der Waals surface area contributed by atoms with Crippen LogP contribution in [0.25, 0.3) is 11.1 Å². The van der Waals surface area contributed by atoms with E-state index in [1.54, 1.807) is 23.2 Å². The highest BCUT2D eigenvalue weighted by molar-refractivity contribution is 5.98. The molecular formula is C29H33N3O5. The molecule has 1 aliphatic heterocycles. The van der Waals surface area contributed by atoms with Crippen LogP contribution >= 0.6 is 0 Å². The summed E-state index contributed by atoms with van der Waals surface area (Å²) in [6.45, 7) is 5.34. The van der Waals surface area contributed by atoms with E-state index in [1.165, 1.54) is 0 Å². The van der Waals surface area contributed by atoms with Crippen LogP contribution < -0.4 is 4.74 Å². The number of carboxylic acid groups (broad SMARTS) is 1. The molecule has 2 heterocycles. The third kappa shape index (κ3) is 6.15. The van der Waals surface area contributed by atoms with Crippen molar-refractivity contribution < 1.29 is 24.5 Å². The number of aliphatic hydroxyl groups is 1. The van der Waals surface area contributed by atoms with Gasteiger partial charge in [-0.3, -0.25) is 9.69 Å². The van der Waals surface area contributed by atoms with Crippen LogP contribution in [-0.2, 0) is 6.54 Å². The van der Waals surface area contributed by atoms with Crippen molar-refractivity contribution in [2.75, 3.05) is 26.7 Å². The van der Waals surface area contributed by atoms with Gasteiger partial charge in [-0.05, 0) is 43.3 Å². The number of carbonyl (C=O) groups excluding carboxylic acids is 1. The summed E-state index contributed by atoms with van der Waals surface area (Å²) < 4.78 is 6.39. The Bertz CT molecular complexity index is 1230. The number of benzene rings is 2. The molecule has 3 atom stereocenters. The molecule has 0 saturated carbocycles. The molecule has 1 aliphatic rings. The summed E-state index contributed by atoms with van der Waals surface area (Å²) in [6, 6.07) is 18.0. The number of fused-ring (bicyclic) bond motifs is 1. The predicted octanol–water partition coefficient (Wildman–Crippen LogP) is 3.80. The van der Waals surface area contributed by atoms with Crippen molar-refractivity contribution in [3.8, 4) is 17.0 Å². The van der Waals surface area contributed by atoms with E-state index in [9.17, 15) is 14.7 Å². The number of likely N-dealkylation sites (N-methyl/N-ethyl adjacent to an activating group) is 1. The number of carboxylic acids is 1. The summed E-state index contributed by atoms with van der Waals surface area (Å²) in [5, 5.41) is 19.0. The van der Waals surface area contributed by atoms with Crippen LogP contribution in [0.1, 0.15) is 40.1 Å². The average Bonchev–Trinajstić information content (AvgIpc) is 2.90. The number of aromatic nitrogens is 1. The van der Waals surface area contributed by atoms with Gasteiger partial charge in [-0.2, -0.15) is 0 Å². The average molecular weight is 504 g/mol. The van der Waals surface area contributed by atoms with Crippen molar-refractivity contribution in [3.05, 3.63) is 83.6 Å². The predicted molar refractivity (Wildman–Crippen MR) is 141 cm³/mol. The molecule has 3 aromatic rings. The standard InChI is InChI=1S/C29H33N3O5/c1-19-15-32(20(2)18-33)28(34)25-13-24(22-7-5-4-6-8-22)14-30-27(25)37-26(19)17-31(3)16-21-9-11-23(12-10-21)29(35)36/h4-14,19-20,26,33H,15-18H2,1-3H3,(H,35,36)/t19-,20+,26-/m1/s1. The van der Waals surface area contributed by atoms with E-state index in [2.05, 4.69) is 9.88 Å². The normalized spacial score (nSPS) is 18.5. The molecule has 0 aliphatic carbocycles. The lowest BCUT2D eigenvalue weighted by atomic mass is 9.99. The minimum absolute atomic E-state index is 0.0291. The molecule has 2 N–H and O–H groups in total. The lowest BCUT2D eigenvalue weighted by molar-refractivity contribution is 0.0325. The van der Waals surface area contributed by atoms with Gasteiger partial charge in [-0.1, -0.05) is 49.4 Å². The highest BCUT2D eigenvalue weighted by Crippen LogP contribution is 2.30. The Hall–Kier alpha value is -3.75. The van der Waals surface area contributed by atoms with Gasteiger partial charge in [0.05, 0.1) is 18.2 Å². The van der Waals surface area contributed by atoms with Gasteiger partial charge in [-0.15, -0.1) is 0 Å². The molecule has 0 radical (unpaired) electrons. The number of nitrogens with zero attached hydrogens (tertiary/aromatic N) is 3. The molecular weight excluding hydrogens is 470 g/mol. The summed E-state index contributed by atoms with van der Waals surface area (Å²) >= 11 is 0. The molecule has 0 saturated heterocycles. The fourth-order valence-electron chi connectivity index (χ4n) is 4.54. The van der Waals surface area contributed by atoms with Crippen LogP contribution in [0.2, 0.25) is 0 Å². The topological polar surface area (TPSA) is 103 Å². The number of rotatable bonds is 8. The molecule has 8 heteroatoms. The Morgan fingerprint density at radius 1 is 1.16 bits per heavy atom. The smallest absolute Gasteiger partial charge is 0.335 e. The van der Waals surface area contributed by atoms with Gasteiger partial charge in [0.25, 0.3) is 5.91 Å². The maximum atomic E-state index is 13.6. The number of amides is 1. The highest BCUT2D eigenvalue weighted by atomic mass is 16.5. The first-order valence-electron chi connectivity index (χ1n) is 12.4. The van der Waals surface area contributed by atoms with Crippen LogP contribution in [0.5, 0.6) is 5.88 Å². The molecule has 0 spiro atoms. The molecule has 1 amide bonds. The van der Waals surface area contributed by atoms with E-state index < -0.39 is 5.97 Å². The third-order valence-corrected chi connectivity index (χ3v) is 6.77. The van der Waals surface area contributed by atoms with E-state index in [-0.39, 0.29) is 42.0 Å². The zero-order valence-electron chi connectivity index (χ0n) is 21.4. The minimum atomic E-state index is -0.950. The SMILES string of the molecule is C[C@@H]1CN([C@@H](C)CO)C(=O)c2cc(-c3ccccc3)cnc2O[C@@H]1CN(C)Cc1ccc(C(=O)O)cc1. The van der Waals surface area contributed by atoms with Gasteiger partial charge in [0.1, 0.15) is 11.7 Å². The molecule has 0 bridgehead atoms. The second-order valence-electron chi connectivity index (χ2n) is 9.76. The summed E-state index contributed by atoms with van der Waals surface area (Å²) in [6.07, 6.45) is 1.46. The molecule has 2 aromatic carbocycles. The molecule has 0 fully saturated rings. The monoisotopic (exact) mass is 503 g/mol. The van der Waals surface area contributed by atoms with Gasteiger partial charge >= 0.3 is 5.97 Å². The molecule has 0 unspecified atom stereocenters. The van der Waals surface area contributed by atoms with Gasteiger partial charge in [0.2, 0.25) is 5.88 Å². The highest BCUT2D eigenvalue weighted by Gasteiger charge is 2.34. The number of aliphatic hydroxyl groups excluding tert-OH is 1. The number of hydrogen-bond donors (Lipinski definition) is 2. The summed E-state index contributed by atoms with van der Waals surface area (Å²) in [5.41, 5.74) is 3.39. The first-order chi connectivity index (χ1) is 17.8. The maximum absolute atomic E-state index is 13.6. The van der Waals surface area contributed by atoms with Crippen LogP contribution in [0, 0.1) is 5.92 Å². The van der Waals surface area contributed by atoms with Crippen molar-refractivity contribution in [2.45, 2.75) is 32.5 Å². The number of aromatic carboxylic acids is 1. The van der Waals surface area contributed by atoms with Gasteiger partial charge in [0, 0.05) is 37.3 Å². The van der Waals surface area contributed by atoms with Crippen LogP contribution in [0.15, 0.2) is 66.9 Å². The zero-order chi connectivity index (χ0) is 26.5. The van der Waals surface area contributed by atoms with Crippen molar-refractivity contribution in [3.63, 3.8) is 0 Å². The van der Waals surface area contributed by atoms with E-state index in [1.807, 2.05) is 69.4 Å². The van der Waals surface area contributed by atoms with Crippen molar-refractivity contribution in [1.82, 2.24) is 14.8 Å². The van der Waals surface area contributed by atoms with Gasteiger partial charge < -0.3 is 19.8 Å². The Labute approximate surface area is 217 Å². The van der Waals surface area contributed by atoms with Gasteiger partial charge in [-0.25, -0.2) is 9.78 Å². The first-order valence-corrected chi connectivity index (χ1v) is 12.4. The largest absolute Gasteiger partial charge is 0.478 e. The summed E-state index contributed by atoms with van der Waals surface area (Å²) in [7, 11) is 1.98. The van der Waals surface area contributed by atoms with Crippen molar-refractivity contribution in [2.24, 2.45) is 5.92 Å². The Morgan fingerprint density at radius 3 is 2.51 bits per heavy atom. The molecule has 1 aromatic heterocycles. The Balaban J connectivity index is 1.60. The van der Waals surface area contributed by atoms with E-state index >= 15 is 0 Å². The van der Waals surface area contributed by atoms with E-state index in [0.29, 0.717) is 25.2 Å². The lowest BCUT2D eigenvalue weighted by Gasteiger charge is -2.37. The van der Waals surface area contributed by atoms with E-state index in [4.69, 9.17) is 9.84 Å². The number of carbonyl (C=O) groups is 2. The number of hydrogen-bond acceptors (Lipinski definition) is 6. The molecule has 37 heavy (non-hydrogen) atoms. The molecule has 4 rings (SSSR count). The van der Waals surface area contributed by atoms with Crippen molar-refractivity contribution >= 4 is 11.9 Å². The zero-order valence-corrected chi connectivity index (χ0v) is 21.4. The Kier molecular flexibility index (Phi) is 8.21. The lowest BCUT2D eigenvalue weighted by Crippen LogP contribution is -2.49. The molecule has 194 valence electrons. The summed E-state index contributed by atoms with van der Waals surface area (Å²) in [4.78, 5) is 33.1. The van der Waals surface area contributed by atoms with Gasteiger partial charge in [0.15, 0.2) is 0 Å². The fraction of sp³-hybridized carbons (Fsp3) is 0.345. The number of pyridine rings is 1. The minimum Gasteiger partial charge on any atom is -0.478 e. The quantitative estimate of drug-likeness (QED) is 0.482.